The highest BCUT2D eigenvalue weighted by Gasteiger charge is 2.13. The van der Waals surface area contributed by atoms with Gasteiger partial charge in [0.1, 0.15) is 0 Å². The summed E-state index contributed by atoms with van der Waals surface area (Å²) in [5.74, 6) is -0.142. The number of nitrogens with one attached hydrogen (secondary N) is 1. The first kappa shape index (κ1) is 13.4. The summed E-state index contributed by atoms with van der Waals surface area (Å²) in [5.41, 5.74) is 2.50. The minimum Gasteiger partial charge on any atom is -0.298 e. The summed E-state index contributed by atoms with van der Waals surface area (Å²) in [7, 11) is 0. The Balaban J connectivity index is 1.73. The van der Waals surface area contributed by atoms with Crippen LogP contribution in [-0.2, 0) is 0 Å². The number of hydrogen-bond donors (Lipinski definition) is 1. The van der Waals surface area contributed by atoms with Crippen LogP contribution in [0.1, 0.15) is 15.4 Å². The van der Waals surface area contributed by atoms with Crippen molar-refractivity contribution in [1.82, 2.24) is 9.97 Å². The monoisotopic (exact) mass is 325 g/mol. The number of carbonyl (C=O) groups excluding carboxylic acids is 1. The molecule has 0 unspecified atom stereocenters. The summed E-state index contributed by atoms with van der Waals surface area (Å²) >= 11 is 3.15. The van der Waals surface area contributed by atoms with Crippen molar-refractivity contribution in [3.8, 4) is 0 Å². The summed E-state index contributed by atoms with van der Waals surface area (Å²) in [6.45, 7) is 2.00. The van der Waals surface area contributed by atoms with Crippen molar-refractivity contribution in [2.75, 3.05) is 5.32 Å². The lowest BCUT2D eigenvalue weighted by atomic mass is 10.2. The Morgan fingerprint density at radius 3 is 2.41 bits per heavy atom. The Morgan fingerprint density at radius 1 is 0.955 bits per heavy atom. The predicted octanol–water partition coefficient (Wildman–Crippen LogP) is 4.47. The van der Waals surface area contributed by atoms with Gasteiger partial charge in [-0.05, 0) is 31.2 Å². The molecule has 0 saturated heterocycles. The van der Waals surface area contributed by atoms with Gasteiger partial charge in [-0.1, -0.05) is 29.5 Å². The summed E-state index contributed by atoms with van der Waals surface area (Å²) in [5, 5.41) is 4.52. The molecule has 0 aliphatic carbocycles. The molecule has 4 aromatic rings. The van der Waals surface area contributed by atoms with Crippen molar-refractivity contribution in [3.05, 3.63) is 53.0 Å². The number of thiazole rings is 2. The van der Waals surface area contributed by atoms with E-state index in [-0.39, 0.29) is 5.91 Å². The second-order valence-corrected chi connectivity index (χ2v) is 7.04. The van der Waals surface area contributed by atoms with E-state index in [4.69, 9.17) is 0 Å². The lowest BCUT2D eigenvalue weighted by Gasteiger charge is -2.00. The van der Waals surface area contributed by atoms with Crippen LogP contribution in [0.15, 0.2) is 42.5 Å². The van der Waals surface area contributed by atoms with E-state index in [0.717, 1.165) is 25.4 Å². The average molecular weight is 325 g/mol. The number of aromatic nitrogens is 2. The molecular formula is C16H11N3OS2. The van der Waals surface area contributed by atoms with Crippen molar-refractivity contribution < 1.29 is 4.79 Å². The van der Waals surface area contributed by atoms with Gasteiger partial charge in [-0.25, -0.2) is 9.97 Å². The minimum absolute atomic E-state index is 0.142. The highest BCUT2D eigenvalue weighted by Crippen LogP contribution is 2.35. The van der Waals surface area contributed by atoms with E-state index < -0.39 is 0 Å². The van der Waals surface area contributed by atoms with Crippen LogP contribution in [0.25, 0.3) is 20.4 Å². The van der Waals surface area contributed by atoms with Crippen LogP contribution in [0, 0.1) is 6.92 Å². The van der Waals surface area contributed by atoms with Gasteiger partial charge < -0.3 is 0 Å². The number of aryl methyl sites for hydroxylation is 1. The molecule has 1 N–H and O–H groups in total. The second kappa shape index (κ2) is 5.15. The number of hydrogen-bond acceptors (Lipinski definition) is 5. The molecule has 0 aliphatic rings. The molecule has 0 aliphatic heterocycles. The zero-order valence-electron chi connectivity index (χ0n) is 11.7. The molecule has 0 radical (unpaired) electrons. The molecule has 2 heterocycles. The van der Waals surface area contributed by atoms with E-state index in [0.29, 0.717) is 10.7 Å². The molecule has 1 amide bonds. The van der Waals surface area contributed by atoms with Crippen molar-refractivity contribution in [2.24, 2.45) is 0 Å². The predicted molar refractivity (Wildman–Crippen MR) is 91.9 cm³/mol. The Labute approximate surface area is 134 Å². The summed E-state index contributed by atoms with van der Waals surface area (Å²) < 4.78 is 2.21. The molecule has 0 atom stereocenters. The van der Waals surface area contributed by atoms with E-state index in [1.807, 2.05) is 37.3 Å². The minimum atomic E-state index is -0.142. The second-order valence-electron chi connectivity index (χ2n) is 4.83. The van der Waals surface area contributed by atoms with E-state index in [1.165, 1.54) is 11.3 Å². The Morgan fingerprint density at radius 2 is 1.64 bits per heavy atom. The van der Waals surface area contributed by atoms with Gasteiger partial charge in [0.25, 0.3) is 5.91 Å². The lowest BCUT2D eigenvalue weighted by Crippen LogP contribution is -2.11. The van der Waals surface area contributed by atoms with Crippen LogP contribution >= 0.6 is 22.7 Å². The van der Waals surface area contributed by atoms with Gasteiger partial charge in [-0.15, -0.1) is 11.3 Å². The number of fused-ring (bicyclic) bond motifs is 3. The van der Waals surface area contributed by atoms with Gasteiger partial charge in [-0.2, -0.15) is 0 Å². The zero-order chi connectivity index (χ0) is 15.1. The third-order valence-corrected chi connectivity index (χ3v) is 5.41. The number of carbonyl (C=O) groups is 1. The topological polar surface area (TPSA) is 54.9 Å². The molecule has 4 nitrogen and oxygen atoms in total. The van der Waals surface area contributed by atoms with Gasteiger partial charge >= 0.3 is 0 Å². The number of rotatable bonds is 2. The number of nitrogens with zero attached hydrogens (tertiary/aromatic N) is 2. The normalized spacial score (nSPS) is 11.1. The lowest BCUT2D eigenvalue weighted by molar-refractivity contribution is 0.102. The third kappa shape index (κ3) is 2.26. The molecule has 0 bridgehead atoms. The molecule has 108 valence electrons. The summed E-state index contributed by atoms with van der Waals surface area (Å²) in [6, 6.07) is 13.1. The van der Waals surface area contributed by atoms with E-state index in [2.05, 4.69) is 15.3 Å². The van der Waals surface area contributed by atoms with Crippen LogP contribution in [0.3, 0.4) is 0 Å². The van der Waals surface area contributed by atoms with E-state index in [9.17, 15) is 4.79 Å². The maximum Gasteiger partial charge on any atom is 0.257 e. The summed E-state index contributed by atoms with van der Waals surface area (Å²) in [4.78, 5) is 21.2. The fourth-order valence-electron chi connectivity index (χ4n) is 2.30. The number of anilines is 1. The van der Waals surface area contributed by atoms with E-state index >= 15 is 0 Å². The molecule has 0 spiro atoms. The first-order valence-electron chi connectivity index (χ1n) is 6.74. The Kier molecular flexibility index (Phi) is 3.13. The highest BCUT2D eigenvalue weighted by atomic mass is 32.1. The van der Waals surface area contributed by atoms with Crippen LogP contribution in [0.4, 0.5) is 5.13 Å². The van der Waals surface area contributed by atoms with Gasteiger partial charge in [-0.3, -0.25) is 10.1 Å². The van der Waals surface area contributed by atoms with Gasteiger partial charge in [0, 0.05) is 5.56 Å². The number of benzene rings is 2. The van der Waals surface area contributed by atoms with Crippen LogP contribution in [0.2, 0.25) is 0 Å². The zero-order valence-corrected chi connectivity index (χ0v) is 13.3. The third-order valence-electron chi connectivity index (χ3n) is 3.28. The quantitative estimate of drug-likeness (QED) is 0.592. The summed E-state index contributed by atoms with van der Waals surface area (Å²) in [6.07, 6.45) is 0. The fraction of sp³-hybridized carbons (Fsp3) is 0.0625. The fourth-order valence-corrected chi connectivity index (χ4v) is 4.30. The largest absolute Gasteiger partial charge is 0.298 e. The van der Waals surface area contributed by atoms with Crippen molar-refractivity contribution in [1.29, 1.82) is 0 Å². The first-order chi connectivity index (χ1) is 10.7. The smallest absolute Gasteiger partial charge is 0.257 e. The van der Waals surface area contributed by atoms with Crippen molar-refractivity contribution >= 4 is 54.1 Å². The SMILES string of the molecule is Cc1nc2ccc3nc(NC(=O)c4ccccc4)sc3c2s1. The Hall–Kier alpha value is -2.31. The van der Waals surface area contributed by atoms with Gasteiger partial charge in [0.2, 0.25) is 0 Å². The average Bonchev–Trinajstić information content (AvgIpc) is 3.09. The molecule has 6 heteroatoms. The van der Waals surface area contributed by atoms with Crippen molar-refractivity contribution in [3.63, 3.8) is 0 Å². The van der Waals surface area contributed by atoms with Crippen LogP contribution in [-0.4, -0.2) is 15.9 Å². The molecule has 0 saturated carbocycles. The molecular weight excluding hydrogens is 314 g/mol. The molecule has 0 fully saturated rings. The van der Waals surface area contributed by atoms with Crippen LogP contribution < -0.4 is 5.32 Å². The standard InChI is InChI=1S/C16H11N3OS2/c1-9-17-11-7-8-12-14(13(11)21-9)22-16(18-12)19-15(20)10-5-3-2-4-6-10/h2-8H,1H3,(H,18,19,20). The van der Waals surface area contributed by atoms with Gasteiger partial charge in [0.05, 0.1) is 25.4 Å². The Bertz CT molecular complexity index is 989. The number of amides is 1. The van der Waals surface area contributed by atoms with Gasteiger partial charge in [0.15, 0.2) is 5.13 Å². The van der Waals surface area contributed by atoms with Crippen molar-refractivity contribution in [2.45, 2.75) is 6.92 Å². The molecule has 22 heavy (non-hydrogen) atoms. The maximum absolute atomic E-state index is 12.2. The van der Waals surface area contributed by atoms with Crippen LogP contribution in [0.5, 0.6) is 0 Å². The molecule has 4 rings (SSSR count). The highest BCUT2D eigenvalue weighted by molar-refractivity contribution is 7.28. The first-order valence-corrected chi connectivity index (χ1v) is 8.37. The molecule has 2 aromatic heterocycles. The van der Waals surface area contributed by atoms with E-state index in [1.54, 1.807) is 23.5 Å². The molecule has 2 aromatic carbocycles. The maximum atomic E-state index is 12.2.